The van der Waals surface area contributed by atoms with Crippen LogP contribution >= 0.6 is 11.6 Å². The zero-order chi connectivity index (χ0) is 20.3. The number of nitrogens with zero attached hydrogens (tertiary/aromatic N) is 1. The maximum Gasteiger partial charge on any atom is 0.227 e. The molecule has 1 amide bonds. The third-order valence-corrected chi connectivity index (χ3v) is 7.74. The predicted molar refractivity (Wildman–Crippen MR) is 111 cm³/mol. The predicted octanol–water partition coefficient (Wildman–Crippen LogP) is 3.21. The number of fused-ring (bicyclic) bond motifs is 5. The highest BCUT2D eigenvalue weighted by Crippen LogP contribution is 2.51. The minimum absolute atomic E-state index is 0.0172. The van der Waals surface area contributed by atoms with Crippen molar-refractivity contribution in [2.75, 3.05) is 12.4 Å². The molecule has 7 heteroatoms. The maximum absolute atomic E-state index is 13.1. The smallest absolute Gasteiger partial charge is 0.227 e. The van der Waals surface area contributed by atoms with Crippen LogP contribution in [0.3, 0.4) is 0 Å². The highest BCUT2D eigenvalue weighted by molar-refractivity contribution is 6.31. The van der Waals surface area contributed by atoms with Gasteiger partial charge in [-0.3, -0.25) is 14.5 Å². The SMILES string of the molecule is CN1C2CC(=O)CC1CC(C(=O)Nc1cc(Cl)cc3c1OC1CCCCC31N)C2. The first-order valence-electron chi connectivity index (χ1n) is 10.7. The van der Waals surface area contributed by atoms with Crippen molar-refractivity contribution in [3.63, 3.8) is 0 Å². The van der Waals surface area contributed by atoms with Gasteiger partial charge in [0.05, 0.1) is 11.2 Å². The lowest BCUT2D eigenvalue weighted by molar-refractivity contribution is -0.132. The van der Waals surface area contributed by atoms with Crippen LogP contribution in [0.4, 0.5) is 5.69 Å². The second kappa shape index (κ2) is 6.96. The molecule has 4 aliphatic rings. The fraction of sp³-hybridized carbons (Fsp3) is 0.636. The van der Waals surface area contributed by atoms with Gasteiger partial charge in [0.25, 0.3) is 0 Å². The molecule has 6 nitrogen and oxygen atoms in total. The van der Waals surface area contributed by atoms with Crippen LogP contribution in [0.2, 0.25) is 5.02 Å². The summed E-state index contributed by atoms with van der Waals surface area (Å²) in [5.41, 5.74) is 7.75. The van der Waals surface area contributed by atoms with Crippen molar-refractivity contribution in [2.45, 2.75) is 75.1 Å². The van der Waals surface area contributed by atoms with E-state index >= 15 is 0 Å². The van der Waals surface area contributed by atoms with Crippen LogP contribution in [0.1, 0.15) is 56.9 Å². The molecular weight excluding hydrogens is 390 g/mol. The van der Waals surface area contributed by atoms with Gasteiger partial charge in [0, 0.05) is 41.4 Å². The summed E-state index contributed by atoms with van der Waals surface area (Å²) in [6.45, 7) is 0. The Morgan fingerprint density at radius 1 is 1.28 bits per heavy atom. The molecule has 3 N–H and O–H groups in total. The van der Waals surface area contributed by atoms with Gasteiger partial charge in [0.15, 0.2) is 0 Å². The molecule has 1 aromatic rings. The number of nitrogens with one attached hydrogen (secondary N) is 1. The molecule has 156 valence electrons. The van der Waals surface area contributed by atoms with Crippen LogP contribution in [0.15, 0.2) is 12.1 Å². The van der Waals surface area contributed by atoms with Gasteiger partial charge < -0.3 is 15.8 Å². The third kappa shape index (κ3) is 3.16. The van der Waals surface area contributed by atoms with Gasteiger partial charge in [-0.15, -0.1) is 0 Å². The maximum atomic E-state index is 13.1. The Labute approximate surface area is 176 Å². The number of halogens is 1. The first-order chi connectivity index (χ1) is 13.8. The van der Waals surface area contributed by atoms with E-state index in [1.807, 2.05) is 6.07 Å². The van der Waals surface area contributed by atoms with E-state index in [1.165, 1.54) is 0 Å². The van der Waals surface area contributed by atoms with Gasteiger partial charge in [-0.05, 0) is 51.3 Å². The molecule has 3 aliphatic heterocycles. The van der Waals surface area contributed by atoms with Crippen molar-refractivity contribution in [3.8, 4) is 5.75 Å². The van der Waals surface area contributed by atoms with Crippen molar-refractivity contribution in [3.05, 3.63) is 22.7 Å². The summed E-state index contributed by atoms with van der Waals surface area (Å²) in [5.74, 6) is 0.866. The molecule has 0 radical (unpaired) electrons. The Morgan fingerprint density at radius 2 is 2.00 bits per heavy atom. The lowest BCUT2D eigenvalue weighted by Gasteiger charge is -2.45. The number of Topliss-reactive ketones (excluding diaryl/α,β-unsaturated/α-hetero) is 1. The van der Waals surface area contributed by atoms with Crippen LogP contribution in [-0.4, -0.2) is 41.8 Å². The number of nitrogens with two attached hydrogens (primary N) is 1. The summed E-state index contributed by atoms with van der Waals surface area (Å²) < 4.78 is 6.24. The summed E-state index contributed by atoms with van der Waals surface area (Å²) in [6, 6.07) is 3.96. The van der Waals surface area contributed by atoms with Crippen molar-refractivity contribution < 1.29 is 14.3 Å². The van der Waals surface area contributed by atoms with Gasteiger partial charge in [-0.2, -0.15) is 0 Å². The molecule has 3 fully saturated rings. The van der Waals surface area contributed by atoms with Crippen LogP contribution in [-0.2, 0) is 15.1 Å². The number of benzene rings is 1. The number of carbonyl (C=O) groups excluding carboxylic acids is 2. The summed E-state index contributed by atoms with van der Waals surface area (Å²) >= 11 is 6.40. The fourth-order valence-corrected chi connectivity index (χ4v) is 6.05. The average Bonchev–Trinajstić information content (AvgIpc) is 2.95. The normalized spacial score (nSPS) is 36.2. The number of carbonyl (C=O) groups is 2. The van der Waals surface area contributed by atoms with E-state index in [4.69, 9.17) is 22.1 Å². The molecule has 2 saturated heterocycles. The Morgan fingerprint density at radius 3 is 2.72 bits per heavy atom. The standard InChI is InChI=1S/C22H28ClN3O3/c1-26-14-6-12(7-15(26)11-16(27)10-14)21(28)25-18-9-13(23)8-17-20(18)29-19-4-2-3-5-22(17,19)24/h8-9,12,14-15,19H,2-7,10-11,24H2,1H3,(H,25,28). The quantitative estimate of drug-likeness (QED) is 0.771. The molecule has 2 bridgehead atoms. The van der Waals surface area contributed by atoms with E-state index in [2.05, 4.69) is 17.3 Å². The van der Waals surface area contributed by atoms with E-state index < -0.39 is 5.54 Å². The highest BCUT2D eigenvalue weighted by atomic mass is 35.5. The molecule has 4 atom stereocenters. The monoisotopic (exact) mass is 417 g/mol. The molecule has 0 spiro atoms. The van der Waals surface area contributed by atoms with E-state index in [-0.39, 0.29) is 30.0 Å². The second-order valence-electron chi connectivity index (χ2n) is 9.30. The second-order valence-corrected chi connectivity index (χ2v) is 9.74. The lowest BCUT2D eigenvalue weighted by atomic mass is 9.76. The largest absolute Gasteiger partial charge is 0.486 e. The number of anilines is 1. The van der Waals surface area contributed by atoms with E-state index in [0.29, 0.717) is 47.9 Å². The Hall–Kier alpha value is -1.63. The number of amides is 1. The van der Waals surface area contributed by atoms with Crippen molar-refractivity contribution >= 4 is 29.0 Å². The molecular formula is C22H28ClN3O3. The van der Waals surface area contributed by atoms with Gasteiger partial charge in [-0.1, -0.05) is 18.0 Å². The highest BCUT2D eigenvalue weighted by Gasteiger charge is 2.49. The van der Waals surface area contributed by atoms with E-state index in [1.54, 1.807) is 6.07 Å². The van der Waals surface area contributed by atoms with Crippen LogP contribution < -0.4 is 15.8 Å². The van der Waals surface area contributed by atoms with Gasteiger partial charge in [0.1, 0.15) is 17.6 Å². The van der Waals surface area contributed by atoms with Crippen molar-refractivity contribution in [1.29, 1.82) is 0 Å². The Bertz CT molecular complexity index is 857. The van der Waals surface area contributed by atoms with Crippen molar-refractivity contribution in [1.82, 2.24) is 4.90 Å². The number of ketones is 1. The van der Waals surface area contributed by atoms with Gasteiger partial charge in [-0.25, -0.2) is 0 Å². The Kier molecular flexibility index (Phi) is 4.64. The minimum atomic E-state index is -0.525. The average molecular weight is 418 g/mol. The first-order valence-corrected chi connectivity index (χ1v) is 11.1. The summed E-state index contributed by atoms with van der Waals surface area (Å²) in [6.07, 6.45) is 6.40. The number of rotatable bonds is 2. The van der Waals surface area contributed by atoms with Gasteiger partial charge >= 0.3 is 0 Å². The molecule has 0 aromatic heterocycles. The molecule has 5 rings (SSSR count). The minimum Gasteiger partial charge on any atom is -0.486 e. The van der Waals surface area contributed by atoms with Crippen LogP contribution in [0.25, 0.3) is 0 Å². The number of hydrogen-bond acceptors (Lipinski definition) is 5. The van der Waals surface area contributed by atoms with Gasteiger partial charge in [0.2, 0.25) is 5.91 Å². The third-order valence-electron chi connectivity index (χ3n) is 7.52. The lowest BCUT2D eigenvalue weighted by Crippen LogP contribution is -2.54. The summed E-state index contributed by atoms with van der Waals surface area (Å²) in [7, 11) is 2.07. The zero-order valence-electron chi connectivity index (χ0n) is 16.7. The van der Waals surface area contributed by atoms with Crippen LogP contribution in [0.5, 0.6) is 5.75 Å². The molecule has 1 aliphatic carbocycles. The molecule has 4 unspecified atom stereocenters. The van der Waals surface area contributed by atoms with E-state index in [9.17, 15) is 9.59 Å². The molecule has 29 heavy (non-hydrogen) atoms. The summed E-state index contributed by atoms with van der Waals surface area (Å²) in [4.78, 5) is 27.4. The molecule has 1 saturated carbocycles. The fourth-order valence-electron chi connectivity index (χ4n) is 5.84. The van der Waals surface area contributed by atoms with E-state index in [0.717, 1.165) is 31.2 Å². The first kappa shape index (κ1) is 19.3. The number of piperidine rings is 2. The zero-order valence-corrected chi connectivity index (χ0v) is 17.5. The number of hydrogen-bond donors (Lipinski definition) is 2. The number of ether oxygens (including phenoxy) is 1. The molecule has 1 aromatic carbocycles. The molecule has 3 heterocycles. The van der Waals surface area contributed by atoms with Crippen molar-refractivity contribution in [2.24, 2.45) is 11.7 Å². The Balaban J connectivity index is 1.39. The summed E-state index contributed by atoms with van der Waals surface area (Å²) in [5, 5.41) is 3.65. The topological polar surface area (TPSA) is 84.7 Å². The van der Waals surface area contributed by atoms with Crippen LogP contribution in [0, 0.1) is 5.92 Å².